The average molecular weight is 199 g/mol. The van der Waals surface area contributed by atoms with Crippen LogP contribution in [0.25, 0.3) is 0 Å². The van der Waals surface area contributed by atoms with Crippen LogP contribution in [0.3, 0.4) is 0 Å². The van der Waals surface area contributed by atoms with Crippen molar-refractivity contribution < 1.29 is 4.79 Å². The molecule has 1 rings (SSSR count). The number of likely N-dealkylation sites (N-methyl/N-ethyl adjacent to an activating group) is 1. The van der Waals surface area contributed by atoms with Crippen LogP contribution in [0.1, 0.15) is 12.8 Å². The van der Waals surface area contributed by atoms with Gasteiger partial charge >= 0.3 is 0 Å². The molecule has 1 fully saturated rings. The lowest BCUT2D eigenvalue weighted by Crippen LogP contribution is -2.34. The molecule has 1 atom stereocenters. The van der Waals surface area contributed by atoms with E-state index in [4.69, 9.17) is 5.73 Å². The Bertz CT molecular complexity index is 196. The fourth-order valence-corrected chi connectivity index (χ4v) is 1.92. The van der Waals surface area contributed by atoms with Gasteiger partial charge in [-0.1, -0.05) is 0 Å². The van der Waals surface area contributed by atoms with Crippen LogP contribution in [-0.4, -0.2) is 56.0 Å². The van der Waals surface area contributed by atoms with E-state index in [1.54, 1.807) is 4.90 Å². The standard InChI is InChI=1S/C10H21N3O/c1-12-5-3-9(8-12)4-6-13(2)10(14)7-11/h9H,3-8,11H2,1-2H3. The third-order valence-electron chi connectivity index (χ3n) is 2.96. The molecule has 1 aliphatic heterocycles. The normalized spacial score (nSPS) is 22.6. The Morgan fingerprint density at radius 2 is 2.36 bits per heavy atom. The van der Waals surface area contributed by atoms with Crippen LogP contribution in [0.4, 0.5) is 0 Å². The van der Waals surface area contributed by atoms with Crippen LogP contribution in [0.15, 0.2) is 0 Å². The lowest BCUT2D eigenvalue weighted by atomic mass is 10.1. The molecular formula is C10H21N3O. The lowest BCUT2D eigenvalue weighted by molar-refractivity contribution is -0.128. The second-order valence-electron chi connectivity index (χ2n) is 4.23. The van der Waals surface area contributed by atoms with E-state index in [9.17, 15) is 4.79 Å². The summed E-state index contributed by atoms with van der Waals surface area (Å²) >= 11 is 0. The van der Waals surface area contributed by atoms with Crippen molar-refractivity contribution in [3.63, 3.8) is 0 Å². The van der Waals surface area contributed by atoms with E-state index in [0.717, 1.165) is 18.9 Å². The zero-order valence-corrected chi connectivity index (χ0v) is 9.20. The molecule has 1 heterocycles. The van der Waals surface area contributed by atoms with Crippen molar-refractivity contribution >= 4 is 5.91 Å². The number of hydrogen-bond acceptors (Lipinski definition) is 3. The van der Waals surface area contributed by atoms with Crippen molar-refractivity contribution in [1.29, 1.82) is 0 Å². The van der Waals surface area contributed by atoms with Gasteiger partial charge in [-0.05, 0) is 32.4 Å². The summed E-state index contributed by atoms with van der Waals surface area (Å²) in [5.74, 6) is 0.796. The Kier molecular flexibility index (Phi) is 4.35. The van der Waals surface area contributed by atoms with Gasteiger partial charge in [-0.25, -0.2) is 0 Å². The Labute approximate surface area is 86.0 Å². The summed E-state index contributed by atoms with van der Waals surface area (Å²) in [6.07, 6.45) is 2.37. The van der Waals surface area contributed by atoms with E-state index in [-0.39, 0.29) is 12.5 Å². The molecule has 1 aliphatic rings. The molecule has 4 heteroatoms. The second kappa shape index (κ2) is 5.32. The minimum Gasteiger partial charge on any atom is -0.345 e. The number of hydrogen-bond donors (Lipinski definition) is 1. The molecule has 0 aromatic carbocycles. The van der Waals surface area contributed by atoms with E-state index >= 15 is 0 Å². The van der Waals surface area contributed by atoms with Crippen LogP contribution in [-0.2, 0) is 4.79 Å². The summed E-state index contributed by atoms with van der Waals surface area (Å²) in [6.45, 7) is 3.33. The van der Waals surface area contributed by atoms with E-state index < -0.39 is 0 Å². The van der Waals surface area contributed by atoms with Crippen LogP contribution in [0.2, 0.25) is 0 Å². The van der Waals surface area contributed by atoms with Crippen molar-refractivity contribution in [2.24, 2.45) is 11.7 Å². The van der Waals surface area contributed by atoms with Gasteiger partial charge < -0.3 is 15.5 Å². The minimum absolute atomic E-state index is 0.0383. The second-order valence-corrected chi connectivity index (χ2v) is 4.23. The predicted molar refractivity (Wildman–Crippen MR) is 56.9 cm³/mol. The number of likely N-dealkylation sites (tertiary alicyclic amines) is 1. The molecule has 1 unspecified atom stereocenters. The summed E-state index contributed by atoms with van der Waals surface area (Å²) in [5, 5.41) is 0. The first-order valence-electron chi connectivity index (χ1n) is 5.26. The Balaban J connectivity index is 2.17. The maximum atomic E-state index is 11.2. The van der Waals surface area contributed by atoms with Crippen molar-refractivity contribution in [2.45, 2.75) is 12.8 Å². The highest BCUT2D eigenvalue weighted by molar-refractivity contribution is 5.77. The Hall–Kier alpha value is -0.610. The van der Waals surface area contributed by atoms with Crippen molar-refractivity contribution in [2.75, 3.05) is 40.3 Å². The molecule has 0 radical (unpaired) electrons. The van der Waals surface area contributed by atoms with Gasteiger partial charge in [-0.2, -0.15) is 0 Å². The van der Waals surface area contributed by atoms with Gasteiger partial charge in [0.2, 0.25) is 5.91 Å². The monoisotopic (exact) mass is 199 g/mol. The van der Waals surface area contributed by atoms with Crippen molar-refractivity contribution in [3.8, 4) is 0 Å². The van der Waals surface area contributed by atoms with Crippen molar-refractivity contribution in [3.05, 3.63) is 0 Å². The first-order valence-corrected chi connectivity index (χ1v) is 5.26. The number of nitrogens with two attached hydrogens (primary N) is 1. The van der Waals surface area contributed by atoms with Crippen LogP contribution in [0, 0.1) is 5.92 Å². The number of amides is 1. The summed E-state index contributed by atoms with van der Waals surface area (Å²) in [4.78, 5) is 15.2. The fraction of sp³-hybridized carbons (Fsp3) is 0.900. The highest BCUT2D eigenvalue weighted by Gasteiger charge is 2.19. The maximum Gasteiger partial charge on any atom is 0.236 e. The van der Waals surface area contributed by atoms with Gasteiger partial charge in [0.05, 0.1) is 6.54 Å². The first-order chi connectivity index (χ1) is 6.63. The molecule has 82 valence electrons. The van der Waals surface area contributed by atoms with Gasteiger partial charge in [0.15, 0.2) is 0 Å². The maximum absolute atomic E-state index is 11.2. The van der Waals surface area contributed by atoms with Crippen molar-refractivity contribution in [1.82, 2.24) is 9.80 Å². The van der Waals surface area contributed by atoms with Crippen LogP contribution >= 0.6 is 0 Å². The zero-order chi connectivity index (χ0) is 10.6. The summed E-state index contributed by atoms with van der Waals surface area (Å²) in [7, 11) is 3.97. The average Bonchev–Trinajstić information content (AvgIpc) is 2.59. The molecule has 14 heavy (non-hydrogen) atoms. The van der Waals surface area contributed by atoms with Gasteiger partial charge in [0.1, 0.15) is 0 Å². The van der Waals surface area contributed by atoms with Gasteiger partial charge in [0, 0.05) is 20.1 Å². The minimum atomic E-state index is 0.0383. The smallest absolute Gasteiger partial charge is 0.236 e. The zero-order valence-electron chi connectivity index (χ0n) is 9.20. The fourth-order valence-electron chi connectivity index (χ4n) is 1.92. The summed E-state index contributed by atoms with van der Waals surface area (Å²) in [5.41, 5.74) is 5.28. The quantitative estimate of drug-likeness (QED) is 0.679. The third-order valence-corrected chi connectivity index (χ3v) is 2.96. The molecule has 1 saturated heterocycles. The lowest BCUT2D eigenvalue weighted by Gasteiger charge is -2.18. The number of nitrogens with zero attached hydrogens (tertiary/aromatic N) is 2. The molecule has 4 nitrogen and oxygen atoms in total. The molecule has 1 amide bonds. The van der Waals surface area contributed by atoms with Gasteiger partial charge in [-0.15, -0.1) is 0 Å². The molecule has 0 aliphatic carbocycles. The Morgan fingerprint density at radius 3 is 2.86 bits per heavy atom. The number of carbonyl (C=O) groups is 1. The number of rotatable bonds is 4. The SMILES string of the molecule is CN1CCC(CCN(C)C(=O)CN)C1. The van der Waals surface area contributed by atoms with E-state index in [2.05, 4.69) is 11.9 Å². The van der Waals surface area contributed by atoms with E-state index in [0.29, 0.717) is 0 Å². The van der Waals surface area contributed by atoms with Crippen LogP contribution in [0.5, 0.6) is 0 Å². The van der Waals surface area contributed by atoms with E-state index in [1.165, 1.54) is 19.5 Å². The molecule has 0 aromatic heterocycles. The largest absolute Gasteiger partial charge is 0.345 e. The first kappa shape index (κ1) is 11.5. The Morgan fingerprint density at radius 1 is 1.64 bits per heavy atom. The summed E-state index contributed by atoms with van der Waals surface area (Å²) in [6, 6.07) is 0. The van der Waals surface area contributed by atoms with Crippen LogP contribution < -0.4 is 5.73 Å². The summed E-state index contributed by atoms with van der Waals surface area (Å²) < 4.78 is 0. The highest BCUT2D eigenvalue weighted by atomic mass is 16.2. The molecule has 0 spiro atoms. The number of carbonyl (C=O) groups excluding carboxylic acids is 1. The van der Waals surface area contributed by atoms with E-state index in [1.807, 2.05) is 7.05 Å². The molecule has 0 bridgehead atoms. The topological polar surface area (TPSA) is 49.6 Å². The third kappa shape index (κ3) is 3.27. The van der Waals surface area contributed by atoms with Gasteiger partial charge in [0.25, 0.3) is 0 Å². The molecule has 0 aromatic rings. The highest BCUT2D eigenvalue weighted by Crippen LogP contribution is 2.17. The van der Waals surface area contributed by atoms with Gasteiger partial charge in [-0.3, -0.25) is 4.79 Å². The predicted octanol–water partition coefficient (Wildman–Crippen LogP) is -0.255. The molecule has 0 saturated carbocycles. The molecule has 2 N–H and O–H groups in total. The molecular weight excluding hydrogens is 178 g/mol.